The maximum atomic E-state index is 13.6. The fourth-order valence-electron chi connectivity index (χ4n) is 7.15. The fraction of sp³-hybridized carbons (Fsp3) is 0.750. The molecule has 1 aliphatic heterocycles. The molecule has 1 saturated heterocycles. The SMILES string of the molecule is CCCCCCCCCCCCCC1CC(=O)NC(C)C(=O)NC(CCCN)C(=O)NC(CC(N)=O)C(=O)NC(CO)C(=O)NC(CO)C(=O)NC(CC(N)=O)C(=O)NC(C(C)O)C(=O)NCC(=O)O1. The van der Waals surface area contributed by atoms with Crippen molar-refractivity contribution >= 4 is 65.0 Å². The molecule has 398 valence electrons. The summed E-state index contributed by atoms with van der Waals surface area (Å²) in [7, 11) is 0. The van der Waals surface area contributed by atoms with Crippen molar-refractivity contribution in [2.45, 2.75) is 184 Å². The number of nitrogens with one attached hydrogen (secondary N) is 8. The van der Waals surface area contributed by atoms with Gasteiger partial charge in [0.25, 0.3) is 0 Å². The molecule has 0 aromatic rings. The zero-order chi connectivity index (χ0) is 52.8. The molecule has 70 heavy (non-hydrogen) atoms. The third-order valence-electron chi connectivity index (χ3n) is 11.1. The van der Waals surface area contributed by atoms with Crippen molar-refractivity contribution in [1.82, 2.24) is 42.5 Å². The number of hydrogen-bond acceptors (Lipinski definition) is 16. The molecule has 0 aromatic carbocycles. The maximum Gasteiger partial charge on any atom is 0.325 e. The van der Waals surface area contributed by atoms with Gasteiger partial charge < -0.3 is 79.8 Å². The van der Waals surface area contributed by atoms with Gasteiger partial charge in [0, 0.05) is 0 Å². The second-order valence-corrected chi connectivity index (χ2v) is 17.3. The van der Waals surface area contributed by atoms with Crippen LogP contribution in [0.1, 0.15) is 130 Å². The number of carbonyl (C=O) groups is 11. The van der Waals surface area contributed by atoms with Crippen LogP contribution in [0, 0.1) is 0 Å². The zero-order valence-corrected chi connectivity index (χ0v) is 40.5. The molecular weight excluding hydrogens is 923 g/mol. The second kappa shape index (κ2) is 34.3. The summed E-state index contributed by atoms with van der Waals surface area (Å²) in [5, 5.41) is 48.3. The lowest BCUT2D eigenvalue weighted by Crippen LogP contribution is -2.62. The molecule has 1 aliphatic rings. The number of ether oxygens (including phenoxy) is 1. The number of hydrogen-bond donors (Lipinski definition) is 14. The fourth-order valence-corrected chi connectivity index (χ4v) is 7.15. The van der Waals surface area contributed by atoms with Gasteiger partial charge in [0.2, 0.25) is 59.1 Å². The van der Waals surface area contributed by atoms with Crippen LogP contribution in [0.5, 0.6) is 0 Å². The minimum atomic E-state index is -1.94. The summed E-state index contributed by atoms with van der Waals surface area (Å²) in [6.07, 6.45) is 6.71. The summed E-state index contributed by atoms with van der Waals surface area (Å²) in [5.74, 6) is -12.1. The predicted molar refractivity (Wildman–Crippen MR) is 250 cm³/mol. The summed E-state index contributed by atoms with van der Waals surface area (Å²) in [5.41, 5.74) is 16.3. The number of esters is 1. The molecule has 0 aromatic heterocycles. The quantitative estimate of drug-likeness (QED) is 0.0358. The van der Waals surface area contributed by atoms with Crippen LogP contribution < -0.4 is 59.7 Å². The van der Waals surface area contributed by atoms with E-state index in [1.165, 1.54) is 32.6 Å². The van der Waals surface area contributed by atoms with E-state index in [0.717, 1.165) is 45.4 Å². The van der Waals surface area contributed by atoms with Crippen LogP contribution >= 0.6 is 0 Å². The Kier molecular flexibility index (Phi) is 30.4. The number of aliphatic hydroxyl groups excluding tert-OH is 3. The van der Waals surface area contributed by atoms with Crippen molar-refractivity contribution in [2.24, 2.45) is 17.2 Å². The van der Waals surface area contributed by atoms with E-state index in [0.29, 0.717) is 6.42 Å². The minimum absolute atomic E-state index is 0.0559. The van der Waals surface area contributed by atoms with Gasteiger partial charge in [-0.3, -0.25) is 52.7 Å². The van der Waals surface area contributed by atoms with Crippen molar-refractivity contribution < 1.29 is 72.8 Å². The van der Waals surface area contributed by atoms with Crippen molar-refractivity contribution in [2.75, 3.05) is 26.3 Å². The summed E-state index contributed by atoms with van der Waals surface area (Å²) in [6.45, 7) is 1.51. The van der Waals surface area contributed by atoms with E-state index in [1.54, 1.807) is 0 Å². The molecule has 0 bridgehead atoms. The Balaban J connectivity index is 3.56. The van der Waals surface area contributed by atoms with Gasteiger partial charge in [0.1, 0.15) is 54.9 Å². The van der Waals surface area contributed by atoms with E-state index in [4.69, 9.17) is 21.9 Å². The van der Waals surface area contributed by atoms with Crippen LogP contribution in [0.3, 0.4) is 0 Å². The van der Waals surface area contributed by atoms with Crippen molar-refractivity contribution in [3.63, 3.8) is 0 Å². The molecule has 1 heterocycles. The topological polar surface area (TPSA) is 432 Å². The van der Waals surface area contributed by atoms with E-state index >= 15 is 0 Å². The van der Waals surface area contributed by atoms with Crippen molar-refractivity contribution in [1.29, 1.82) is 0 Å². The van der Waals surface area contributed by atoms with E-state index in [9.17, 15) is 68.1 Å². The first-order chi connectivity index (χ1) is 33.2. The van der Waals surface area contributed by atoms with Crippen LogP contribution in [0.4, 0.5) is 0 Å². The van der Waals surface area contributed by atoms with Gasteiger partial charge in [-0.25, -0.2) is 0 Å². The van der Waals surface area contributed by atoms with Gasteiger partial charge in [-0.05, 0) is 46.1 Å². The van der Waals surface area contributed by atoms with E-state index in [1.807, 2.05) is 5.32 Å². The van der Waals surface area contributed by atoms with Crippen LogP contribution in [0.25, 0.3) is 0 Å². The monoisotopic (exact) mass is 1000 g/mol. The van der Waals surface area contributed by atoms with Gasteiger partial charge in [0.15, 0.2) is 0 Å². The lowest BCUT2D eigenvalue weighted by Gasteiger charge is -2.27. The summed E-state index contributed by atoms with van der Waals surface area (Å²) < 4.78 is 5.60. The Labute approximate surface area is 407 Å². The standard InChI is InChI=1S/C44H77N11O15/c1-4-5-6-7-8-9-10-11-12-13-14-16-27-19-35(61)49-25(2)38(63)50-28(17-15-18-45)39(64)51-29(20-33(46)59)40(65)53-32(24-57)43(68)54-31(23-56)42(67)52-30(21-34(47)60)41(66)55-37(26(3)58)44(69)48-22-36(62)70-27/h25-32,37,56-58H,4-24,45H2,1-3H3,(H2,46,59)(H2,47,60)(H,48,69)(H,49,61)(H,50,63)(H,51,64)(H,52,67)(H,53,65)(H,54,68)(H,55,66). The highest BCUT2D eigenvalue weighted by molar-refractivity contribution is 5.99. The normalized spacial score (nSPS) is 24.9. The Hall–Kier alpha value is -5.99. The molecule has 1 fully saturated rings. The highest BCUT2D eigenvalue weighted by atomic mass is 16.5. The molecule has 0 saturated carbocycles. The van der Waals surface area contributed by atoms with Gasteiger partial charge in [-0.15, -0.1) is 0 Å². The first-order valence-corrected chi connectivity index (χ1v) is 23.9. The van der Waals surface area contributed by atoms with Crippen molar-refractivity contribution in [3.8, 4) is 0 Å². The predicted octanol–water partition coefficient (Wildman–Crippen LogP) is -4.61. The third kappa shape index (κ3) is 25.0. The first kappa shape index (κ1) is 62.0. The van der Waals surface area contributed by atoms with Gasteiger partial charge in [-0.2, -0.15) is 0 Å². The minimum Gasteiger partial charge on any atom is -0.461 e. The molecule has 26 nitrogen and oxygen atoms in total. The molecular formula is C44H77N11O15. The number of nitrogens with two attached hydrogens (primary N) is 3. The number of carbonyl (C=O) groups excluding carboxylic acids is 11. The zero-order valence-electron chi connectivity index (χ0n) is 40.5. The Morgan fingerprint density at radius 2 is 1.01 bits per heavy atom. The lowest BCUT2D eigenvalue weighted by molar-refractivity contribution is -0.151. The Bertz CT molecular complexity index is 1750. The molecule has 9 unspecified atom stereocenters. The lowest BCUT2D eigenvalue weighted by atomic mass is 10.0. The molecule has 0 spiro atoms. The Morgan fingerprint density at radius 1 is 0.586 bits per heavy atom. The summed E-state index contributed by atoms with van der Waals surface area (Å²) in [6, 6.07) is -12.1. The number of unbranched alkanes of at least 4 members (excludes halogenated alkanes) is 10. The molecule has 0 radical (unpaired) electrons. The number of cyclic esters (lactones) is 1. The number of rotatable bonds is 22. The van der Waals surface area contributed by atoms with Crippen LogP contribution in [-0.4, -0.2) is 161 Å². The first-order valence-electron chi connectivity index (χ1n) is 23.9. The number of amides is 10. The smallest absolute Gasteiger partial charge is 0.325 e. The van der Waals surface area contributed by atoms with Crippen LogP contribution in [-0.2, 0) is 57.5 Å². The number of aliphatic hydroxyl groups is 3. The van der Waals surface area contributed by atoms with Crippen molar-refractivity contribution in [3.05, 3.63) is 0 Å². The Morgan fingerprint density at radius 3 is 1.47 bits per heavy atom. The third-order valence-corrected chi connectivity index (χ3v) is 11.1. The maximum absolute atomic E-state index is 13.6. The highest BCUT2D eigenvalue weighted by Crippen LogP contribution is 2.15. The van der Waals surface area contributed by atoms with Gasteiger partial charge in [-0.1, -0.05) is 71.1 Å². The van der Waals surface area contributed by atoms with Crippen LogP contribution in [0.15, 0.2) is 0 Å². The summed E-state index contributed by atoms with van der Waals surface area (Å²) in [4.78, 5) is 144. The van der Waals surface area contributed by atoms with E-state index in [-0.39, 0.29) is 25.8 Å². The van der Waals surface area contributed by atoms with E-state index < -0.39 is 159 Å². The van der Waals surface area contributed by atoms with Crippen LogP contribution in [0.2, 0.25) is 0 Å². The molecule has 10 amide bonds. The second-order valence-electron chi connectivity index (χ2n) is 17.3. The number of primary amides is 2. The largest absolute Gasteiger partial charge is 0.461 e. The highest BCUT2D eigenvalue weighted by Gasteiger charge is 2.35. The molecule has 0 aliphatic carbocycles. The van der Waals surface area contributed by atoms with E-state index in [2.05, 4.69) is 44.1 Å². The van der Waals surface area contributed by atoms with Gasteiger partial charge >= 0.3 is 5.97 Å². The summed E-state index contributed by atoms with van der Waals surface area (Å²) >= 11 is 0. The molecule has 1 rings (SSSR count). The molecule has 26 heteroatoms. The molecule has 9 atom stereocenters. The average molecular weight is 1000 g/mol. The van der Waals surface area contributed by atoms with Gasteiger partial charge in [0.05, 0.1) is 38.6 Å². The average Bonchev–Trinajstić information content (AvgIpc) is 3.29. The molecule has 17 N–H and O–H groups in total.